The van der Waals surface area contributed by atoms with Gasteiger partial charge in [-0.25, -0.2) is 0 Å². The molecule has 0 fully saturated rings. The highest BCUT2D eigenvalue weighted by molar-refractivity contribution is 5.92. The number of fused-ring (bicyclic) bond motifs is 1. The van der Waals surface area contributed by atoms with E-state index in [-0.39, 0.29) is 30.9 Å². The summed E-state index contributed by atoms with van der Waals surface area (Å²) >= 11 is 0. The molecule has 1 aliphatic heterocycles. The molecular formula is C19H20F2N2O3. The molecule has 0 aromatic heterocycles. The average Bonchev–Trinajstić information content (AvgIpc) is 2.62. The first-order chi connectivity index (χ1) is 12.6. The molecule has 1 aliphatic rings. The van der Waals surface area contributed by atoms with E-state index in [1.165, 1.54) is 29.8 Å². The van der Waals surface area contributed by atoms with E-state index in [4.69, 9.17) is 0 Å². The minimum Gasteiger partial charge on any atom is -0.435 e. The van der Waals surface area contributed by atoms with Crippen LogP contribution in [-0.4, -0.2) is 42.2 Å². The zero-order valence-electron chi connectivity index (χ0n) is 14.1. The molecule has 0 saturated carbocycles. The molecule has 0 saturated heterocycles. The normalized spacial score (nSPS) is 17.0. The summed E-state index contributed by atoms with van der Waals surface area (Å²) < 4.78 is 28.6. The molecule has 0 radical (unpaired) electrons. The molecular weight excluding hydrogens is 342 g/mol. The van der Waals surface area contributed by atoms with Crippen molar-refractivity contribution in [1.82, 2.24) is 4.90 Å². The average molecular weight is 362 g/mol. The fourth-order valence-corrected chi connectivity index (χ4v) is 3.21. The molecule has 1 amide bonds. The Labute approximate surface area is 150 Å². The van der Waals surface area contributed by atoms with Crippen LogP contribution in [0, 0.1) is 0 Å². The number of nitrogens with one attached hydrogen (secondary N) is 1. The van der Waals surface area contributed by atoms with Gasteiger partial charge in [0.2, 0.25) is 5.91 Å². The number of hydrogen-bond donors (Lipinski definition) is 2. The van der Waals surface area contributed by atoms with Gasteiger partial charge in [-0.3, -0.25) is 9.69 Å². The highest BCUT2D eigenvalue weighted by Crippen LogP contribution is 2.29. The summed E-state index contributed by atoms with van der Waals surface area (Å²) in [5, 5.41) is 12.5. The summed E-state index contributed by atoms with van der Waals surface area (Å²) in [6.07, 6.45) is 0.819. The first-order valence-electron chi connectivity index (χ1n) is 8.34. The van der Waals surface area contributed by atoms with Gasteiger partial charge in [-0.2, -0.15) is 8.78 Å². The summed E-state index contributed by atoms with van der Waals surface area (Å²) in [5.41, 5.74) is 2.73. The number of amides is 1. The van der Waals surface area contributed by atoms with Gasteiger partial charge in [-0.15, -0.1) is 0 Å². The van der Waals surface area contributed by atoms with Gasteiger partial charge in [0.15, 0.2) is 0 Å². The zero-order chi connectivity index (χ0) is 18.5. The molecule has 0 bridgehead atoms. The summed E-state index contributed by atoms with van der Waals surface area (Å²) in [6, 6.07) is 13.4. The van der Waals surface area contributed by atoms with Crippen LogP contribution in [0.5, 0.6) is 5.75 Å². The molecule has 1 unspecified atom stereocenters. The van der Waals surface area contributed by atoms with Gasteiger partial charge in [-0.05, 0) is 41.8 Å². The zero-order valence-corrected chi connectivity index (χ0v) is 14.1. The Morgan fingerprint density at radius 3 is 2.65 bits per heavy atom. The first kappa shape index (κ1) is 18.3. The standard InChI is InChI=1S/C19H20F2N2O3/c20-19(21)26-15-7-5-14(6-8-15)22-18(25)11-23-10-9-13-3-1-2-4-16(13)17(23)12-24/h1-8,17,19,24H,9-12H2,(H,22,25). The van der Waals surface area contributed by atoms with Gasteiger partial charge in [-0.1, -0.05) is 24.3 Å². The first-order valence-corrected chi connectivity index (χ1v) is 8.34. The van der Waals surface area contributed by atoms with E-state index >= 15 is 0 Å². The quantitative estimate of drug-likeness (QED) is 0.830. The van der Waals surface area contributed by atoms with E-state index in [2.05, 4.69) is 10.1 Å². The Morgan fingerprint density at radius 2 is 1.96 bits per heavy atom. The third kappa shape index (κ3) is 4.36. The van der Waals surface area contributed by atoms with Crippen LogP contribution in [0.25, 0.3) is 0 Å². The minimum atomic E-state index is -2.88. The van der Waals surface area contributed by atoms with Crippen molar-refractivity contribution >= 4 is 11.6 Å². The second-order valence-corrected chi connectivity index (χ2v) is 6.07. The van der Waals surface area contributed by atoms with Gasteiger partial charge in [0.05, 0.1) is 19.2 Å². The number of aliphatic hydroxyl groups excluding tert-OH is 1. The summed E-state index contributed by atoms with van der Waals surface area (Å²) in [7, 11) is 0. The number of aliphatic hydroxyl groups is 1. The smallest absolute Gasteiger partial charge is 0.387 e. The lowest BCUT2D eigenvalue weighted by Crippen LogP contribution is -2.42. The number of alkyl halides is 2. The molecule has 2 aromatic rings. The van der Waals surface area contributed by atoms with Gasteiger partial charge in [0, 0.05) is 12.2 Å². The molecule has 0 spiro atoms. The molecule has 0 aliphatic carbocycles. The lowest BCUT2D eigenvalue weighted by molar-refractivity contribution is -0.118. The number of halogens is 2. The molecule has 3 rings (SSSR count). The number of ether oxygens (including phenoxy) is 1. The number of rotatable bonds is 6. The minimum absolute atomic E-state index is 0.0333. The fraction of sp³-hybridized carbons (Fsp3) is 0.316. The Kier molecular flexibility index (Phi) is 5.80. The van der Waals surface area contributed by atoms with E-state index in [0.717, 1.165) is 12.0 Å². The highest BCUT2D eigenvalue weighted by Gasteiger charge is 2.27. The van der Waals surface area contributed by atoms with Crippen molar-refractivity contribution in [2.75, 3.05) is 25.0 Å². The second-order valence-electron chi connectivity index (χ2n) is 6.07. The van der Waals surface area contributed by atoms with E-state index in [9.17, 15) is 18.7 Å². The van der Waals surface area contributed by atoms with Gasteiger partial charge in [0.25, 0.3) is 0 Å². The van der Waals surface area contributed by atoms with Crippen molar-refractivity contribution in [3.05, 3.63) is 59.7 Å². The van der Waals surface area contributed by atoms with Crippen molar-refractivity contribution in [2.24, 2.45) is 0 Å². The Morgan fingerprint density at radius 1 is 1.23 bits per heavy atom. The number of carbonyl (C=O) groups excluding carboxylic acids is 1. The van der Waals surface area contributed by atoms with E-state index in [0.29, 0.717) is 12.2 Å². The van der Waals surface area contributed by atoms with Crippen molar-refractivity contribution in [2.45, 2.75) is 19.1 Å². The van der Waals surface area contributed by atoms with Crippen molar-refractivity contribution in [3.8, 4) is 5.75 Å². The molecule has 7 heteroatoms. The highest BCUT2D eigenvalue weighted by atomic mass is 19.3. The van der Waals surface area contributed by atoms with Crippen LogP contribution in [0.2, 0.25) is 0 Å². The third-order valence-electron chi connectivity index (χ3n) is 4.41. The van der Waals surface area contributed by atoms with Gasteiger partial charge >= 0.3 is 6.61 Å². The maximum atomic E-state index is 12.3. The number of hydrogen-bond acceptors (Lipinski definition) is 4. The third-order valence-corrected chi connectivity index (χ3v) is 4.41. The van der Waals surface area contributed by atoms with Crippen molar-refractivity contribution in [1.29, 1.82) is 0 Å². The van der Waals surface area contributed by atoms with Crippen LogP contribution < -0.4 is 10.1 Å². The topological polar surface area (TPSA) is 61.8 Å². The maximum absolute atomic E-state index is 12.3. The van der Waals surface area contributed by atoms with Crippen molar-refractivity contribution < 1.29 is 23.4 Å². The summed E-state index contributed by atoms with van der Waals surface area (Å²) in [5.74, 6) is -0.198. The molecule has 5 nitrogen and oxygen atoms in total. The van der Waals surface area contributed by atoms with Crippen LogP contribution in [-0.2, 0) is 11.2 Å². The predicted octanol–water partition coefficient (Wildman–Crippen LogP) is 2.82. The molecule has 2 N–H and O–H groups in total. The van der Waals surface area contributed by atoms with E-state index in [1.807, 2.05) is 29.2 Å². The molecule has 138 valence electrons. The lowest BCUT2D eigenvalue weighted by Gasteiger charge is -2.35. The van der Waals surface area contributed by atoms with E-state index in [1.54, 1.807) is 0 Å². The van der Waals surface area contributed by atoms with Crippen LogP contribution in [0.1, 0.15) is 17.2 Å². The molecule has 1 heterocycles. The summed E-state index contributed by atoms with van der Waals surface area (Å²) in [6.45, 7) is -2.14. The number of anilines is 1. The number of benzene rings is 2. The van der Waals surface area contributed by atoms with Gasteiger partial charge < -0.3 is 15.2 Å². The number of carbonyl (C=O) groups is 1. The van der Waals surface area contributed by atoms with Crippen molar-refractivity contribution in [3.63, 3.8) is 0 Å². The van der Waals surface area contributed by atoms with Crippen LogP contribution >= 0.6 is 0 Å². The van der Waals surface area contributed by atoms with Crippen LogP contribution in [0.15, 0.2) is 48.5 Å². The predicted molar refractivity (Wildman–Crippen MR) is 93.2 cm³/mol. The number of nitrogens with zero attached hydrogens (tertiary/aromatic N) is 1. The largest absolute Gasteiger partial charge is 0.435 e. The Bertz CT molecular complexity index is 753. The molecule has 26 heavy (non-hydrogen) atoms. The van der Waals surface area contributed by atoms with E-state index < -0.39 is 6.61 Å². The Balaban J connectivity index is 1.61. The fourth-order valence-electron chi connectivity index (χ4n) is 3.21. The van der Waals surface area contributed by atoms with Crippen LogP contribution in [0.3, 0.4) is 0 Å². The summed E-state index contributed by atoms with van der Waals surface area (Å²) in [4.78, 5) is 14.3. The van der Waals surface area contributed by atoms with Gasteiger partial charge in [0.1, 0.15) is 5.75 Å². The maximum Gasteiger partial charge on any atom is 0.387 e. The molecule has 2 aromatic carbocycles. The Hall–Kier alpha value is -2.51. The molecule has 1 atom stereocenters. The monoisotopic (exact) mass is 362 g/mol. The second kappa shape index (κ2) is 8.25. The lowest BCUT2D eigenvalue weighted by atomic mass is 9.93. The SMILES string of the molecule is O=C(CN1CCc2ccccc2C1CO)Nc1ccc(OC(F)F)cc1. The van der Waals surface area contributed by atoms with Crippen LogP contribution in [0.4, 0.5) is 14.5 Å².